The van der Waals surface area contributed by atoms with Crippen molar-refractivity contribution in [3.05, 3.63) is 40.2 Å². The second-order valence-corrected chi connectivity index (χ2v) is 5.02. The summed E-state index contributed by atoms with van der Waals surface area (Å²) >= 11 is 0. The van der Waals surface area contributed by atoms with E-state index in [-0.39, 0.29) is 5.56 Å². The fourth-order valence-corrected chi connectivity index (χ4v) is 2.60. The van der Waals surface area contributed by atoms with E-state index in [1.54, 1.807) is 6.07 Å². The van der Waals surface area contributed by atoms with Crippen LogP contribution in [0.15, 0.2) is 33.5 Å². The first-order valence-corrected chi connectivity index (χ1v) is 6.71. The first-order valence-electron chi connectivity index (χ1n) is 6.71. The van der Waals surface area contributed by atoms with Crippen LogP contribution in [0.2, 0.25) is 0 Å². The summed E-state index contributed by atoms with van der Waals surface area (Å²) in [6, 6.07) is 6.92. The molecule has 2 aromatic rings. The van der Waals surface area contributed by atoms with Gasteiger partial charge in [-0.3, -0.25) is 0 Å². The first kappa shape index (κ1) is 12.7. The Morgan fingerprint density at radius 1 is 1.15 bits per heavy atom. The number of anilines is 1. The highest BCUT2D eigenvalue weighted by Gasteiger charge is 2.15. The maximum atomic E-state index is 11.6. The summed E-state index contributed by atoms with van der Waals surface area (Å²) in [6.07, 6.45) is 3.58. The Morgan fingerprint density at radius 3 is 2.60 bits per heavy atom. The number of nitrogens with zero attached hydrogens (tertiary/aromatic N) is 1. The van der Waals surface area contributed by atoms with Gasteiger partial charge < -0.3 is 14.4 Å². The molecule has 0 spiro atoms. The molecule has 104 valence electrons. The Bertz CT molecular complexity index is 713. The molecule has 5 heteroatoms. The average molecular weight is 273 g/mol. The molecule has 1 aromatic carbocycles. The third-order valence-electron chi connectivity index (χ3n) is 3.67. The molecule has 1 saturated heterocycles. The summed E-state index contributed by atoms with van der Waals surface area (Å²) in [7, 11) is 0. The number of piperidine rings is 1. The van der Waals surface area contributed by atoms with Gasteiger partial charge in [0.25, 0.3) is 0 Å². The molecule has 1 N–H and O–H groups in total. The second kappa shape index (κ2) is 5.00. The highest BCUT2D eigenvalue weighted by molar-refractivity contribution is 5.92. The SMILES string of the molecule is O=C(O)c1cc2ccc(N3CCCCC3)cc2oc1=O. The summed E-state index contributed by atoms with van der Waals surface area (Å²) in [5, 5.41) is 9.54. The molecule has 0 radical (unpaired) electrons. The Hall–Kier alpha value is -2.30. The third kappa shape index (κ3) is 2.27. The summed E-state index contributed by atoms with van der Waals surface area (Å²) in [5.74, 6) is -1.26. The number of aromatic carboxylic acids is 1. The van der Waals surface area contributed by atoms with Crippen molar-refractivity contribution in [2.45, 2.75) is 19.3 Å². The van der Waals surface area contributed by atoms with E-state index in [1.807, 2.05) is 12.1 Å². The predicted octanol–water partition coefficient (Wildman–Crippen LogP) is 2.48. The van der Waals surface area contributed by atoms with Crippen molar-refractivity contribution >= 4 is 22.6 Å². The standard InChI is InChI=1S/C15H15NO4/c17-14(18)12-8-10-4-5-11(9-13(10)20-15(12)19)16-6-2-1-3-7-16/h4-5,8-9H,1-3,6-7H2,(H,17,18). The van der Waals surface area contributed by atoms with E-state index in [9.17, 15) is 9.59 Å². The lowest BCUT2D eigenvalue weighted by Crippen LogP contribution is -2.29. The van der Waals surface area contributed by atoms with Gasteiger partial charge in [-0.1, -0.05) is 0 Å². The third-order valence-corrected chi connectivity index (χ3v) is 3.67. The van der Waals surface area contributed by atoms with Crippen molar-refractivity contribution in [2.24, 2.45) is 0 Å². The molecule has 0 unspecified atom stereocenters. The Morgan fingerprint density at radius 2 is 1.90 bits per heavy atom. The van der Waals surface area contributed by atoms with Gasteiger partial charge in [0.05, 0.1) is 0 Å². The predicted molar refractivity (Wildman–Crippen MR) is 75.5 cm³/mol. The molecule has 0 saturated carbocycles. The van der Waals surface area contributed by atoms with E-state index < -0.39 is 11.6 Å². The zero-order valence-electron chi connectivity index (χ0n) is 11.0. The second-order valence-electron chi connectivity index (χ2n) is 5.02. The van der Waals surface area contributed by atoms with Crippen molar-refractivity contribution < 1.29 is 14.3 Å². The van der Waals surface area contributed by atoms with Crippen LogP contribution in [-0.2, 0) is 0 Å². The van der Waals surface area contributed by atoms with Crippen molar-refractivity contribution in [1.82, 2.24) is 0 Å². The van der Waals surface area contributed by atoms with Gasteiger partial charge in [-0.05, 0) is 37.5 Å². The number of hydrogen-bond donors (Lipinski definition) is 1. The average Bonchev–Trinajstić information content (AvgIpc) is 2.46. The maximum Gasteiger partial charge on any atom is 0.351 e. The van der Waals surface area contributed by atoms with Crippen LogP contribution in [0, 0.1) is 0 Å². The van der Waals surface area contributed by atoms with E-state index in [2.05, 4.69) is 4.90 Å². The zero-order chi connectivity index (χ0) is 14.1. The van der Waals surface area contributed by atoms with Crippen LogP contribution in [0.1, 0.15) is 29.6 Å². The molecule has 1 fully saturated rings. The summed E-state index contributed by atoms with van der Waals surface area (Å²) in [6.45, 7) is 2.01. The van der Waals surface area contributed by atoms with E-state index in [1.165, 1.54) is 25.3 Å². The van der Waals surface area contributed by atoms with E-state index in [0.717, 1.165) is 18.8 Å². The molecular formula is C15H15NO4. The van der Waals surface area contributed by atoms with Gasteiger partial charge >= 0.3 is 11.6 Å². The van der Waals surface area contributed by atoms with Crippen LogP contribution in [0.25, 0.3) is 11.0 Å². The molecule has 0 aliphatic carbocycles. The number of rotatable bonds is 2. The number of carbonyl (C=O) groups is 1. The molecule has 1 aromatic heterocycles. The molecule has 1 aliphatic heterocycles. The van der Waals surface area contributed by atoms with Gasteiger partial charge in [0.1, 0.15) is 11.1 Å². The minimum Gasteiger partial charge on any atom is -0.477 e. The number of benzene rings is 1. The summed E-state index contributed by atoms with van der Waals surface area (Å²) < 4.78 is 5.12. The Kier molecular flexibility index (Phi) is 3.18. The van der Waals surface area contributed by atoms with Gasteiger partial charge in [0.15, 0.2) is 0 Å². The van der Waals surface area contributed by atoms with Gasteiger partial charge in [-0.25, -0.2) is 9.59 Å². The smallest absolute Gasteiger partial charge is 0.351 e. The van der Waals surface area contributed by atoms with Crippen molar-refractivity contribution in [3.8, 4) is 0 Å². The molecule has 0 bridgehead atoms. The zero-order valence-corrected chi connectivity index (χ0v) is 11.0. The molecule has 0 atom stereocenters. The van der Waals surface area contributed by atoms with Gasteiger partial charge in [-0.2, -0.15) is 0 Å². The molecular weight excluding hydrogens is 258 g/mol. The van der Waals surface area contributed by atoms with Crippen LogP contribution < -0.4 is 10.5 Å². The number of carboxylic acids is 1. The molecule has 5 nitrogen and oxygen atoms in total. The van der Waals surface area contributed by atoms with Crippen LogP contribution in [0.5, 0.6) is 0 Å². The van der Waals surface area contributed by atoms with Crippen LogP contribution in [0.4, 0.5) is 5.69 Å². The Labute approximate surface area is 115 Å². The van der Waals surface area contributed by atoms with E-state index in [4.69, 9.17) is 9.52 Å². The molecule has 2 heterocycles. The molecule has 20 heavy (non-hydrogen) atoms. The fourth-order valence-electron chi connectivity index (χ4n) is 2.60. The van der Waals surface area contributed by atoms with E-state index >= 15 is 0 Å². The van der Waals surface area contributed by atoms with Gasteiger partial charge in [-0.15, -0.1) is 0 Å². The van der Waals surface area contributed by atoms with Crippen LogP contribution >= 0.6 is 0 Å². The normalized spacial score (nSPS) is 15.5. The minimum atomic E-state index is -1.26. The van der Waals surface area contributed by atoms with Crippen molar-refractivity contribution in [1.29, 1.82) is 0 Å². The number of carboxylic acid groups (broad SMARTS) is 1. The van der Waals surface area contributed by atoms with Crippen molar-refractivity contribution in [3.63, 3.8) is 0 Å². The maximum absolute atomic E-state index is 11.6. The summed E-state index contributed by atoms with van der Waals surface area (Å²) in [5.41, 5.74) is 0.315. The van der Waals surface area contributed by atoms with Crippen molar-refractivity contribution in [2.75, 3.05) is 18.0 Å². The highest BCUT2D eigenvalue weighted by Crippen LogP contribution is 2.24. The Balaban J connectivity index is 2.05. The highest BCUT2D eigenvalue weighted by atomic mass is 16.4. The number of hydrogen-bond acceptors (Lipinski definition) is 4. The number of fused-ring (bicyclic) bond motifs is 1. The van der Waals surface area contributed by atoms with Gasteiger partial charge in [0, 0.05) is 30.2 Å². The van der Waals surface area contributed by atoms with Crippen LogP contribution in [-0.4, -0.2) is 24.2 Å². The summed E-state index contributed by atoms with van der Waals surface area (Å²) in [4.78, 5) is 24.8. The lowest BCUT2D eigenvalue weighted by Gasteiger charge is -2.28. The lowest BCUT2D eigenvalue weighted by atomic mass is 10.1. The topological polar surface area (TPSA) is 70.8 Å². The monoisotopic (exact) mass is 273 g/mol. The fraction of sp³-hybridized carbons (Fsp3) is 0.333. The van der Waals surface area contributed by atoms with Gasteiger partial charge in [0.2, 0.25) is 0 Å². The molecule has 1 aliphatic rings. The quantitative estimate of drug-likeness (QED) is 0.851. The minimum absolute atomic E-state index is 0.330. The largest absolute Gasteiger partial charge is 0.477 e. The van der Waals surface area contributed by atoms with E-state index in [0.29, 0.717) is 11.0 Å². The molecule has 0 amide bonds. The van der Waals surface area contributed by atoms with Crippen LogP contribution in [0.3, 0.4) is 0 Å². The lowest BCUT2D eigenvalue weighted by molar-refractivity contribution is 0.0692. The first-order chi connectivity index (χ1) is 9.65. The molecule has 3 rings (SSSR count).